The number of nitrogens with one attached hydrogen (secondary N) is 1. The minimum Gasteiger partial charge on any atom is -0.309 e. The first-order valence-electron chi connectivity index (χ1n) is 7.78. The third-order valence-electron chi connectivity index (χ3n) is 3.99. The van der Waals surface area contributed by atoms with Crippen molar-refractivity contribution in [2.75, 3.05) is 11.1 Å². The molecule has 0 unspecified atom stereocenters. The molecule has 4 rings (SSSR count). The van der Waals surface area contributed by atoms with E-state index in [9.17, 15) is 4.79 Å². The van der Waals surface area contributed by atoms with Crippen molar-refractivity contribution in [1.82, 2.24) is 19.7 Å². The zero-order valence-electron chi connectivity index (χ0n) is 13.6. The number of thioether (sulfide) groups is 1. The Hall–Kier alpha value is -2.09. The number of carbonyl (C=O) groups is 1. The van der Waals surface area contributed by atoms with Crippen LogP contribution in [0.2, 0.25) is 10.0 Å². The predicted molar refractivity (Wildman–Crippen MR) is 103 cm³/mol. The van der Waals surface area contributed by atoms with Gasteiger partial charge >= 0.3 is 0 Å². The maximum absolute atomic E-state index is 12.3. The summed E-state index contributed by atoms with van der Waals surface area (Å²) in [4.78, 5) is 20.8. The number of hydrogen-bond donors (Lipinski definition) is 1. The molecule has 0 aliphatic carbocycles. The summed E-state index contributed by atoms with van der Waals surface area (Å²) >= 11 is 14.0. The number of halogens is 2. The van der Waals surface area contributed by atoms with Crippen molar-refractivity contribution < 1.29 is 4.79 Å². The Morgan fingerprint density at radius 3 is 2.77 bits per heavy atom. The normalized spacial score (nSPS) is 16.7. The van der Waals surface area contributed by atoms with E-state index in [1.54, 1.807) is 35.3 Å². The van der Waals surface area contributed by atoms with Crippen molar-refractivity contribution in [2.45, 2.75) is 12.2 Å². The summed E-state index contributed by atoms with van der Waals surface area (Å²) in [6, 6.07) is 7.11. The molecule has 3 aromatic rings. The van der Waals surface area contributed by atoms with Crippen molar-refractivity contribution >= 4 is 46.7 Å². The zero-order chi connectivity index (χ0) is 18.3. The second-order valence-corrected chi connectivity index (χ2v) is 7.65. The van der Waals surface area contributed by atoms with Gasteiger partial charge in [0, 0.05) is 28.0 Å². The number of rotatable bonds is 2. The van der Waals surface area contributed by atoms with Gasteiger partial charge in [-0.1, -0.05) is 29.3 Å². The molecule has 0 bridgehead atoms. The summed E-state index contributed by atoms with van der Waals surface area (Å²) < 4.78 is 1.56. The van der Waals surface area contributed by atoms with E-state index in [-0.39, 0.29) is 11.2 Å². The van der Waals surface area contributed by atoms with Crippen LogP contribution in [0.15, 0.2) is 36.7 Å². The Labute approximate surface area is 163 Å². The van der Waals surface area contributed by atoms with E-state index in [1.807, 2.05) is 13.0 Å². The SMILES string of the molecule is Cc1nn(-c2ncccn2)c2c1[C@@H](c1ccc(Cl)cc1Cl)SCC(=O)N2. The highest BCUT2D eigenvalue weighted by Crippen LogP contribution is 2.45. The Morgan fingerprint density at radius 2 is 2.04 bits per heavy atom. The molecule has 1 amide bonds. The van der Waals surface area contributed by atoms with Crippen LogP contribution in [-0.2, 0) is 4.79 Å². The summed E-state index contributed by atoms with van der Waals surface area (Å²) in [5, 5.41) is 8.45. The van der Waals surface area contributed by atoms with Crippen LogP contribution in [0.3, 0.4) is 0 Å². The van der Waals surface area contributed by atoms with Gasteiger partial charge in [-0.2, -0.15) is 9.78 Å². The van der Waals surface area contributed by atoms with Crippen molar-refractivity contribution in [3.8, 4) is 5.95 Å². The molecule has 3 heterocycles. The highest BCUT2D eigenvalue weighted by atomic mass is 35.5. The summed E-state index contributed by atoms with van der Waals surface area (Å²) in [6.07, 6.45) is 3.26. The monoisotopic (exact) mass is 405 g/mol. The van der Waals surface area contributed by atoms with Crippen molar-refractivity contribution in [1.29, 1.82) is 0 Å². The standard InChI is InChI=1S/C17H13Cl2N5OS/c1-9-14-15(11-4-3-10(18)7-12(11)19)26-8-13(25)22-16(14)24(23-9)17-20-5-2-6-21-17/h2-7,15H,8H2,1H3,(H,22,25)/t15-/m1/s1. The molecular weight excluding hydrogens is 393 g/mol. The Morgan fingerprint density at radius 1 is 1.27 bits per heavy atom. The van der Waals surface area contributed by atoms with Crippen molar-refractivity contribution in [2.24, 2.45) is 0 Å². The average molecular weight is 406 g/mol. The predicted octanol–water partition coefficient (Wildman–Crippen LogP) is 4.05. The third-order valence-corrected chi connectivity index (χ3v) is 5.81. The summed E-state index contributed by atoms with van der Waals surface area (Å²) in [5.74, 6) is 1.15. The van der Waals surface area contributed by atoms with Gasteiger partial charge in [0.2, 0.25) is 5.91 Å². The number of nitrogens with zero attached hydrogens (tertiary/aromatic N) is 4. The highest BCUT2D eigenvalue weighted by Gasteiger charge is 2.32. The molecule has 0 saturated carbocycles. The van der Waals surface area contributed by atoms with Gasteiger partial charge in [0.1, 0.15) is 5.82 Å². The number of benzene rings is 1. The van der Waals surface area contributed by atoms with Crippen LogP contribution >= 0.6 is 35.0 Å². The average Bonchev–Trinajstić information content (AvgIpc) is 2.83. The lowest BCUT2D eigenvalue weighted by atomic mass is 10.0. The van der Waals surface area contributed by atoms with E-state index in [1.165, 1.54) is 11.8 Å². The minimum atomic E-state index is -0.161. The van der Waals surface area contributed by atoms with Gasteiger partial charge in [0.25, 0.3) is 5.95 Å². The lowest BCUT2D eigenvalue weighted by Crippen LogP contribution is -2.16. The molecular formula is C17H13Cl2N5OS. The molecule has 6 nitrogen and oxygen atoms in total. The first kappa shape index (κ1) is 17.3. The van der Waals surface area contributed by atoms with Crippen LogP contribution in [0.5, 0.6) is 0 Å². The second-order valence-electron chi connectivity index (χ2n) is 5.71. The van der Waals surface area contributed by atoms with E-state index in [2.05, 4.69) is 20.4 Å². The van der Waals surface area contributed by atoms with Crippen LogP contribution in [0.4, 0.5) is 5.82 Å². The molecule has 2 aromatic heterocycles. The van der Waals surface area contributed by atoms with Crippen LogP contribution in [0.25, 0.3) is 5.95 Å². The summed E-state index contributed by atoms with van der Waals surface area (Å²) in [6.45, 7) is 1.90. The minimum absolute atomic E-state index is 0.110. The molecule has 0 saturated heterocycles. The lowest BCUT2D eigenvalue weighted by Gasteiger charge is -2.17. The Kier molecular flexibility index (Phi) is 4.60. The fourth-order valence-electron chi connectivity index (χ4n) is 2.89. The fraction of sp³-hybridized carbons (Fsp3) is 0.176. The fourth-order valence-corrected chi connectivity index (χ4v) is 4.70. The van der Waals surface area contributed by atoms with E-state index >= 15 is 0 Å². The van der Waals surface area contributed by atoms with Crippen LogP contribution in [0.1, 0.15) is 22.1 Å². The van der Waals surface area contributed by atoms with Gasteiger partial charge in [-0.15, -0.1) is 11.8 Å². The highest BCUT2D eigenvalue weighted by molar-refractivity contribution is 8.00. The maximum atomic E-state index is 12.3. The first-order chi connectivity index (χ1) is 12.5. The quantitative estimate of drug-likeness (QED) is 0.695. The van der Waals surface area contributed by atoms with Gasteiger partial charge in [-0.05, 0) is 30.7 Å². The van der Waals surface area contributed by atoms with Crippen LogP contribution in [-0.4, -0.2) is 31.4 Å². The molecule has 1 atom stereocenters. The van der Waals surface area contributed by atoms with E-state index in [4.69, 9.17) is 23.2 Å². The number of fused-ring (bicyclic) bond motifs is 1. The number of amides is 1. The number of hydrogen-bond acceptors (Lipinski definition) is 5. The molecule has 1 aliphatic rings. The molecule has 132 valence electrons. The number of carbonyl (C=O) groups excluding carboxylic acids is 1. The van der Waals surface area contributed by atoms with Crippen molar-refractivity contribution in [3.05, 3.63) is 63.5 Å². The van der Waals surface area contributed by atoms with Gasteiger partial charge < -0.3 is 5.32 Å². The van der Waals surface area contributed by atoms with E-state index in [0.717, 1.165) is 16.8 Å². The molecule has 1 aliphatic heterocycles. The van der Waals surface area contributed by atoms with E-state index in [0.29, 0.717) is 27.6 Å². The Balaban J connectivity index is 1.91. The molecule has 9 heteroatoms. The topological polar surface area (TPSA) is 72.7 Å². The Bertz CT molecular complexity index is 992. The van der Waals surface area contributed by atoms with Gasteiger partial charge in [-0.3, -0.25) is 4.79 Å². The van der Waals surface area contributed by atoms with Crippen LogP contribution < -0.4 is 5.32 Å². The molecule has 1 N–H and O–H groups in total. The zero-order valence-corrected chi connectivity index (χ0v) is 15.9. The molecule has 0 radical (unpaired) electrons. The number of aryl methyl sites for hydroxylation is 1. The molecule has 0 spiro atoms. The van der Waals surface area contributed by atoms with Gasteiger partial charge in [0.15, 0.2) is 0 Å². The maximum Gasteiger partial charge on any atom is 0.252 e. The lowest BCUT2D eigenvalue weighted by molar-refractivity contribution is -0.113. The molecule has 26 heavy (non-hydrogen) atoms. The van der Waals surface area contributed by atoms with E-state index < -0.39 is 0 Å². The summed E-state index contributed by atoms with van der Waals surface area (Å²) in [5.41, 5.74) is 2.55. The van der Waals surface area contributed by atoms with Crippen LogP contribution in [0, 0.1) is 6.92 Å². The van der Waals surface area contributed by atoms with Gasteiger partial charge in [-0.25, -0.2) is 9.97 Å². The third kappa shape index (κ3) is 3.06. The first-order valence-corrected chi connectivity index (χ1v) is 9.58. The second kappa shape index (κ2) is 6.90. The number of anilines is 1. The number of aromatic nitrogens is 4. The van der Waals surface area contributed by atoms with Gasteiger partial charge in [0.05, 0.1) is 16.7 Å². The largest absolute Gasteiger partial charge is 0.309 e. The van der Waals surface area contributed by atoms with Crippen molar-refractivity contribution in [3.63, 3.8) is 0 Å². The molecule has 0 fully saturated rings. The smallest absolute Gasteiger partial charge is 0.252 e. The molecule has 1 aromatic carbocycles. The summed E-state index contributed by atoms with van der Waals surface area (Å²) in [7, 11) is 0.